The van der Waals surface area contributed by atoms with Crippen LogP contribution < -0.4 is 21.5 Å². The minimum Gasteiger partial charge on any atom is -0.254 e. The fourth-order valence-electron chi connectivity index (χ4n) is 8.61. The Kier molecular flexibility index (Phi) is 9.17. The van der Waals surface area contributed by atoms with Gasteiger partial charge in [0.05, 0.1) is 0 Å². The van der Waals surface area contributed by atoms with E-state index in [9.17, 15) is 26.3 Å². The summed E-state index contributed by atoms with van der Waals surface area (Å²) < 4.78 is 152. The van der Waals surface area contributed by atoms with Crippen LogP contribution in [-0.2, 0) is 0 Å². The molecule has 0 aliphatic heterocycles. The number of aryl methyl sites for hydroxylation is 6. The van der Waals surface area contributed by atoms with Crippen LogP contribution in [0.1, 0.15) is 52.6 Å². The van der Waals surface area contributed by atoms with Crippen molar-refractivity contribution >= 4 is 41.3 Å². The van der Waals surface area contributed by atoms with Crippen molar-refractivity contribution in [2.45, 2.75) is 66.5 Å². The highest BCUT2D eigenvalue weighted by molar-refractivity contribution is 7.75. The Morgan fingerprint density at radius 3 is 1.16 bits per heavy atom. The second-order valence-corrected chi connectivity index (χ2v) is 15.7. The molecule has 0 nitrogen and oxygen atoms in total. The van der Waals surface area contributed by atoms with Crippen LogP contribution in [0, 0.1) is 112 Å². The molecule has 0 spiro atoms. The molecule has 2 bridgehead atoms. The molecule has 12 heteroatoms. The number of halogens is 10. The second kappa shape index (κ2) is 12.7. The van der Waals surface area contributed by atoms with Crippen LogP contribution in [0.2, 0.25) is 0 Å². The van der Waals surface area contributed by atoms with Crippen molar-refractivity contribution in [3.05, 3.63) is 116 Å². The van der Waals surface area contributed by atoms with Crippen LogP contribution in [0.5, 0.6) is 0 Å². The molecule has 0 heterocycles. The lowest BCUT2D eigenvalue weighted by Crippen LogP contribution is -2.53. The molecule has 258 valence electrons. The number of benzene rings is 4. The van der Waals surface area contributed by atoms with Crippen LogP contribution in [0.4, 0.5) is 43.9 Å². The summed E-state index contributed by atoms with van der Waals surface area (Å²) in [5, 5.41) is 1.72. The van der Waals surface area contributed by atoms with E-state index in [0.29, 0.717) is 19.3 Å². The van der Waals surface area contributed by atoms with Crippen LogP contribution in [0.3, 0.4) is 0 Å². The monoisotopic (exact) mass is 707 g/mol. The minimum atomic E-state index is -2.51. The lowest BCUT2D eigenvalue weighted by atomic mass is 9.45. The van der Waals surface area contributed by atoms with Crippen molar-refractivity contribution in [3.8, 4) is 0 Å². The average Bonchev–Trinajstić information content (AvgIpc) is 3.64. The predicted octanol–water partition coefficient (Wildman–Crippen LogP) is 8.22. The van der Waals surface area contributed by atoms with Gasteiger partial charge in [-0.15, -0.1) is 10.9 Å². The van der Waals surface area contributed by atoms with Gasteiger partial charge in [-0.05, 0) is 113 Å². The Morgan fingerprint density at radius 1 is 0.490 bits per heavy atom. The topological polar surface area (TPSA) is 0 Å². The van der Waals surface area contributed by atoms with Gasteiger partial charge in [0, 0.05) is 0 Å². The molecule has 6 rings (SSSR count). The summed E-state index contributed by atoms with van der Waals surface area (Å²) in [6.07, 6.45) is -1.24. The van der Waals surface area contributed by atoms with Gasteiger partial charge in [0.25, 0.3) is 0 Å². The molecule has 4 aromatic carbocycles. The maximum Gasteiger partial charge on any atom is 0.200 e. The molecule has 2 fully saturated rings. The highest BCUT2D eigenvalue weighted by atomic mass is 31.1. The summed E-state index contributed by atoms with van der Waals surface area (Å²) in [7, 11) is -1.66. The normalized spacial score (nSPS) is 18.7. The maximum atomic E-state index is 15.9. The Hall–Kier alpha value is -3.46. The van der Waals surface area contributed by atoms with Gasteiger partial charge >= 0.3 is 0 Å². The van der Waals surface area contributed by atoms with E-state index < -0.39 is 95.0 Å². The minimum absolute atomic E-state index is 0.00697. The molecule has 4 aromatic rings. The van der Waals surface area contributed by atoms with Crippen molar-refractivity contribution in [2.24, 2.45) is 11.8 Å². The van der Waals surface area contributed by atoms with Gasteiger partial charge < -0.3 is 0 Å². The van der Waals surface area contributed by atoms with Gasteiger partial charge in [0.1, 0.15) is 23.3 Å². The molecule has 0 amide bonds. The zero-order valence-electron chi connectivity index (χ0n) is 27.5. The zero-order chi connectivity index (χ0) is 36.0. The number of hydrogen-bond acceptors (Lipinski definition) is 0. The van der Waals surface area contributed by atoms with Gasteiger partial charge in [0.15, 0.2) is 34.9 Å². The van der Waals surface area contributed by atoms with E-state index in [1.807, 2.05) is 65.8 Å². The number of rotatable bonds is 5. The fourth-order valence-corrected chi connectivity index (χ4v) is 12.5. The quantitative estimate of drug-likeness (QED) is 0.0646. The van der Waals surface area contributed by atoms with Crippen molar-refractivity contribution in [1.82, 2.24) is 0 Å². The third-order valence-electron chi connectivity index (χ3n) is 10.2. The zero-order valence-corrected chi connectivity index (χ0v) is 28.4. The molecular formula is C37H31BF10P-. The molecule has 49 heavy (non-hydrogen) atoms. The Morgan fingerprint density at radius 2 is 0.816 bits per heavy atom. The van der Waals surface area contributed by atoms with Crippen LogP contribution >= 0.6 is 7.92 Å². The lowest BCUT2D eigenvalue weighted by molar-refractivity contribution is 0.382. The average molecular weight is 707 g/mol. The Balaban J connectivity index is 1.85. The summed E-state index contributed by atoms with van der Waals surface area (Å²) in [6.45, 7) is 11.4. The summed E-state index contributed by atoms with van der Waals surface area (Å²) in [6, 6.07) is 7.81. The first-order valence-corrected chi connectivity index (χ1v) is 17.2. The molecule has 3 atom stereocenters. The summed E-state index contributed by atoms with van der Waals surface area (Å²) >= 11 is 0. The number of fused-ring (bicyclic) bond motifs is 2. The van der Waals surface area contributed by atoms with Crippen molar-refractivity contribution < 1.29 is 43.9 Å². The third kappa shape index (κ3) is 5.46. The molecule has 0 saturated heterocycles. The number of hydrogen-bond donors (Lipinski definition) is 0. The molecule has 0 radical (unpaired) electrons. The fraction of sp³-hybridized carbons (Fsp3) is 0.324. The maximum absolute atomic E-state index is 15.9. The first kappa shape index (κ1) is 35.4. The van der Waals surface area contributed by atoms with E-state index in [-0.39, 0.29) is 11.4 Å². The van der Waals surface area contributed by atoms with Gasteiger partial charge in [-0.25, -0.2) is 43.9 Å². The van der Waals surface area contributed by atoms with Crippen LogP contribution in [-0.4, -0.2) is 17.5 Å². The van der Waals surface area contributed by atoms with Gasteiger partial charge in [-0.1, -0.05) is 47.7 Å². The van der Waals surface area contributed by atoms with E-state index in [4.69, 9.17) is 0 Å². The van der Waals surface area contributed by atoms with Crippen molar-refractivity contribution in [1.29, 1.82) is 0 Å². The van der Waals surface area contributed by atoms with E-state index in [1.165, 1.54) is 0 Å². The molecule has 3 unspecified atom stereocenters. The molecule has 2 aliphatic rings. The summed E-state index contributed by atoms with van der Waals surface area (Å²) in [5.74, 6) is -25.1. The second-order valence-electron chi connectivity index (χ2n) is 13.5. The SMILES string of the molecule is Cc1cc(C)c(P(c2c(C)cc(C)cc2C)C2C(=[B-](c3c(F)c(F)c(F)c(F)c3F)c3c(F)c(F)c(F)c(F)c3F)C3CCC2C3)c(C)c1. The van der Waals surface area contributed by atoms with Crippen LogP contribution in [0.15, 0.2) is 24.3 Å². The van der Waals surface area contributed by atoms with Crippen LogP contribution in [0.25, 0.3) is 0 Å². The molecule has 0 aromatic heterocycles. The van der Waals surface area contributed by atoms with E-state index >= 15 is 17.6 Å². The first-order chi connectivity index (χ1) is 23.0. The standard InChI is InChI=1S/C37H31BF10P/c1-14-9-16(3)35(17(4)10-14)49(36-18(5)11-15(2)12-19(36)6)37-21-8-7-20(13-21)22(37)38(23-25(39)29(43)33(47)30(44)26(23)40)24-27(41)31(45)34(48)32(46)28(24)42/h9-12,20-21,37H,7-8,13H2,1-6H3/q-1. The van der Waals surface area contributed by atoms with Crippen molar-refractivity contribution in [3.63, 3.8) is 0 Å². The van der Waals surface area contributed by atoms with Gasteiger partial charge in [-0.3, -0.25) is 5.46 Å². The molecular weight excluding hydrogens is 676 g/mol. The Bertz CT molecular complexity index is 1870. The smallest absolute Gasteiger partial charge is 0.200 e. The predicted molar refractivity (Wildman–Crippen MR) is 175 cm³/mol. The highest BCUT2D eigenvalue weighted by Crippen LogP contribution is 2.58. The lowest BCUT2D eigenvalue weighted by Gasteiger charge is -2.43. The Labute approximate surface area is 279 Å². The molecule has 0 N–H and O–H groups in total. The van der Waals surface area contributed by atoms with Gasteiger partial charge in [-0.2, -0.15) is 0 Å². The van der Waals surface area contributed by atoms with Gasteiger partial charge in [0.2, 0.25) is 0 Å². The summed E-state index contributed by atoms with van der Waals surface area (Å²) in [5.41, 5.74) is 1.25. The largest absolute Gasteiger partial charge is 0.254 e. The van der Waals surface area contributed by atoms with E-state index in [0.717, 1.165) is 44.0 Å². The summed E-state index contributed by atoms with van der Waals surface area (Å²) in [4.78, 5) is 0. The molecule has 2 aliphatic carbocycles. The van der Waals surface area contributed by atoms with E-state index in [2.05, 4.69) is 0 Å². The third-order valence-corrected chi connectivity index (χ3v) is 13.8. The van der Waals surface area contributed by atoms with Crippen molar-refractivity contribution in [2.75, 3.05) is 0 Å². The highest BCUT2D eigenvalue weighted by Gasteiger charge is 2.47. The molecule has 2 saturated carbocycles. The first-order valence-electron chi connectivity index (χ1n) is 15.8. The van der Waals surface area contributed by atoms with E-state index in [1.54, 1.807) is 0 Å².